The molecule has 5 aromatic rings. The van der Waals surface area contributed by atoms with Gasteiger partial charge in [0.05, 0.1) is 17.3 Å². The molecule has 2 aliphatic rings. The molecule has 0 saturated carbocycles. The molecule has 4 heterocycles. The monoisotopic (exact) mass is 762 g/mol. The summed E-state index contributed by atoms with van der Waals surface area (Å²) in [5.41, 5.74) is 8.60. The fraction of sp³-hybridized carbons (Fsp3) is 0.395. The van der Waals surface area contributed by atoms with Crippen LogP contribution in [0.3, 0.4) is 0 Å². The first-order valence-corrected chi connectivity index (χ1v) is 19.9. The number of anilines is 1. The minimum atomic E-state index is -0.269. The Balaban J connectivity index is 1.02. The molecule has 2 aromatic heterocycles. The summed E-state index contributed by atoms with van der Waals surface area (Å²) in [5, 5.41) is 19.6. The van der Waals surface area contributed by atoms with Gasteiger partial charge in [0.25, 0.3) is 11.8 Å². The van der Waals surface area contributed by atoms with E-state index in [4.69, 9.17) is 21.3 Å². The highest BCUT2D eigenvalue weighted by molar-refractivity contribution is 6.33. The molecule has 7 rings (SSSR count). The number of halogens is 1. The Kier molecular flexibility index (Phi) is 12.4. The Morgan fingerprint density at radius 3 is 2.45 bits per heavy atom. The molecule has 4 N–H and O–H groups in total. The van der Waals surface area contributed by atoms with Crippen LogP contribution in [-0.4, -0.2) is 76.4 Å². The van der Waals surface area contributed by atoms with Gasteiger partial charge in [-0.2, -0.15) is 5.10 Å². The van der Waals surface area contributed by atoms with E-state index in [2.05, 4.69) is 76.3 Å². The van der Waals surface area contributed by atoms with E-state index in [9.17, 15) is 9.59 Å². The molecule has 3 aromatic carbocycles. The molecule has 2 amide bonds. The standard InChI is InChI=1S/C43H51ClN8O3/c1-4-39-36(40(49-34-14-18-55-19-15-34)37-25-48-52(5-2)41(37)50-39)24-47-43(54)33-11-7-10-32(22-33)42(53)46-23-29-12-13-38(44)35(21-29)31-9-6-8-30(20-31)27-51-17-16-45-28(3)26-51/h6-13,20-22,25,28,34,45H,4-5,14-19,23-24,26-27H2,1-3H3,(H,46,53)(H,47,54)(H,49,50)/t28-/m0/s1. The second kappa shape index (κ2) is 17.8. The largest absolute Gasteiger partial charge is 0.381 e. The number of nitrogens with zero attached hydrogens (tertiary/aromatic N) is 4. The zero-order valence-corrected chi connectivity index (χ0v) is 32.7. The summed E-state index contributed by atoms with van der Waals surface area (Å²) in [6, 6.07) is 21.9. The molecule has 12 heteroatoms. The van der Waals surface area contributed by atoms with Crippen LogP contribution in [0, 0.1) is 0 Å². The normalized spacial score (nSPS) is 16.6. The molecule has 0 spiro atoms. The van der Waals surface area contributed by atoms with E-state index in [0.29, 0.717) is 54.9 Å². The number of amides is 2. The smallest absolute Gasteiger partial charge is 0.251 e. The molecule has 1 atom stereocenters. The second-order valence-electron chi connectivity index (χ2n) is 14.5. The lowest BCUT2D eigenvalue weighted by Crippen LogP contribution is -2.48. The van der Waals surface area contributed by atoms with Gasteiger partial charge < -0.3 is 26.0 Å². The number of hydrogen-bond donors (Lipinski definition) is 4. The second-order valence-corrected chi connectivity index (χ2v) is 15.0. The summed E-state index contributed by atoms with van der Waals surface area (Å²) in [6.45, 7) is 13.0. The van der Waals surface area contributed by atoms with Gasteiger partial charge in [-0.3, -0.25) is 14.5 Å². The zero-order valence-electron chi connectivity index (χ0n) is 32.0. The molecule has 0 aliphatic carbocycles. The van der Waals surface area contributed by atoms with E-state index in [1.807, 2.05) is 29.1 Å². The highest BCUT2D eigenvalue weighted by atomic mass is 35.5. The lowest BCUT2D eigenvalue weighted by atomic mass is 10.0. The third-order valence-electron chi connectivity index (χ3n) is 10.6. The van der Waals surface area contributed by atoms with Gasteiger partial charge in [-0.15, -0.1) is 0 Å². The van der Waals surface area contributed by atoms with E-state index in [0.717, 1.165) is 83.7 Å². The Labute approximate surface area is 328 Å². The highest BCUT2D eigenvalue weighted by Gasteiger charge is 2.23. The highest BCUT2D eigenvalue weighted by Crippen LogP contribution is 2.32. The predicted octanol–water partition coefficient (Wildman–Crippen LogP) is 6.58. The number of fused-ring (bicyclic) bond motifs is 1. The van der Waals surface area contributed by atoms with Crippen LogP contribution in [0.5, 0.6) is 0 Å². The molecule has 55 heavy (non-hydrogen) atoms. The molecular formula is C43H51ClN8O3. The molecule has 288 valence electrons. The van der Waals surface area contributed by atoms with Crippen LogP contribution in [0.4, 0.5) is 5.69 Å². The number of pyridine rings is 1. The minimum Gasteiger partial charge on any atom is -0.381 e. The summed E-state index contributed by atoms with van der Waals surface area (Å²) >= 11 is 6.71. The molecule has 2 aliphatic heterocycles. The number of carbonyl (C=O) groups is 2. The SMILES string of the molecule is CCc1nc2c(cnn2CC)c(NC2CCOCC2)c1CNC(=O)c1cccc(C(=O)NCc2ccc(Cl)c(-c3cccc(CN4CCN[C@@H](C)C4)c3)c2)c1. The van der Waals surface area contributed by atoms with Crippen molar-refractivity contribution in [3.63, 3.8) is 0 Å². The fourth-order valence-corrected chi connectivity index (χ4v) is 7.84. The third kappa shape index (κ3) is 9.19. The van der Waals surface area contributed by atoms with Crippen LogP contribution in [0.1, 0.15) is 76.7 Å². The molecule has 0 radical (unpaired) electrons. The summed E-state index contributed by atoms with van der Waals surface area (Å²) < 4.78 is 7.51. The molecule has 2 saturated heterocycles. The number of benzene rings is 3. The van der Waals surface area contributed by atoms with Crippen LogP contribution in [0.2, 0.25) is 5.02 Å². The number of ether oxygens (including phenoxy) is 1. The van der Waals surface area contributed by atoms with Crippen molar-refractivity contribution in [3.8, 4) is 11.1 Å². The lowest BCUT2D eigenvalue weighted by molar-refractivity contribution is 0.0904. The maximum atomic E-state index is 13.6. The number of rotatable bonds is 13. The molecule has 0 bridgehead atoms. The van der Waals surface area contributed by atoms with Crippen molar-refractivity contribution in [1.29, 1.82) is 0 Å². The van der Waals surface area contributed by atoms with Crippen LogP contribution < -0.4 is 21.3 Å². The van der Waals surface area contributed by atoms with Crippen LogP contribution in [0.25, 0.3) is 22.2 Å². The summed E-state index contributed by atoms with van der Waals surface area (Å²) in [5.74, 6) is -0.536. The molecule has 0 unspecified atom stereocenters. The first kappa shape index (κ1) is 38.5. The van der Waals surface area contributed by atoms with Gasteiger partial charge in [0.2, 0.25) is 0 Å². The third-order valence-corrected chi connectivity index (χ3v) is 10.9. The number of aromatic nitrogens is 3. The Bertz CT molecular complexity index is 2150. The van der Waals surface area contributed by atoms with Gasteiger partial charge in [-0.05, 0) is 86.2 Å². The fourth-order valence-electron chi connectivity index (χ4n) is 7.61. The van der Waals surface area contributed by atoms with Gasteiger partial charge in [-0.25, -0.2) is 9.67 Å². The van der Waals surface area contributed by atoms with E-state index in [1.54, 1.807) is 24.3 Å². The Morgan fingerprint density at radius 1 is 0.945 bits per heavy atom. The van der Waals surface area contributed by atoms with Crippen LogP contribution >= 0.6 is 11.6 Å². The number of nitrogens with one attached hydrogen (secondary N) is 4. The molecule has 11 nitrogen and oxygen atoms in total. The summed E-state index contributed by atoms with van der Waals surface area (Å²) in [4.78, 5) is 34.5. The van der Waals surface area contributed by atoms with E-state index >= 15 is 0 Å². The van der Waals surface area contributed by atoms with Crippen LogP contribution in [-0.2, 0) is 37.3 Å². The van der Waals surface area contributed by atoms with Crippen molar-refractivity contribution in [2.45, 2.75) is 78.3 Å². The molecule has 2 fully saturated rings. The summed E-state index contributed by atoms with van der Waals surface area (Å²) in [6.07, 6.45) is 4.36. The van der Waals surface area contributed by atoms with Crippen molar-refractivity contribution in [3.05, 3.63) is 111 Å². The first-order chi connectivity index (χ1) is 26.8. The maximum Gasteiger partial charge on any atom is 0.251 e. The maximum absolute atomic E-state index is 13.6. The van der Waals surface area contributed by atoms with E-state index in [-0.39, 0.29) is 24.4 Å². The number of carbonyl (C=O) groups excluding carboxylic acids is 2. The van der Waals surface area contributed by atoms with Crippen molar-refractivity contribution in [2.75, 3.05) is 38.2 Å². The molecular weight excluding hydrogens is 712 g/mol. The number of aryl methyl sites for hydroxylation is 2. The Morgan fingerprint density at radius 2 is 1.71 bits per heavy atom. The predicted molar refractivity (Wildman–Crippen MR) is 218 cm³/mol. The van der Waals surface area contributed by atoms with Gasteiger partial charge >= 0.3 is 0 Å². The van der Waals surface area contributed by atoms with Crippen molar-refractivity contribution in [2.24, 2.45) is 0 Å². The van der Waals surface area contributed by atoms with E-state index < -0.39 is 0 Å². The quantitative estimate of drug-likeness (QED) is 0.106. The average molecular weight is 763 g/mol. The number of piperazine rings is 1. The van der Waals surface area contributed by atoms with Crippen molar-refractivity contribution >= 4 is 40.1 Å². The summed E-state index contributed by atoms with van der Waals surface area (Å²) in [7, 11) is 0. The van der Waals surface area contributed by atoms with Crippen molar-refractivity contribution in [1.82, 2.24) is 35.6 Å². The average Bonchev–Trinajstić information content (AvgIpc) is 3.63. The van der Waals surface area contributed by atoms with Gasteiger partial charge in [0.1, 0.15) is 0 Å². The first-order valence-electron chi connectivity index (χ1n) is 19.5. The lowest BCUT2D eigenvalue weighted by Gasteiger charge is -2.31. The van der Waals surface area contributed by atoms with Gasteiger partial charge in [-0.1, -0.05) is 48.9 Å². The van der Waals surface area contributed by atoms with Crippen molar-refractivity contribution < 1.29 is 14.3 Å². The van der Waals surface area contributed by atoms with Gasteiger partial charge in [0.15, 0.2) is 5.65 Å². The Hall–Kier alpha value is -4.81. The number of hydrogen-bond acceptors (Lipinski definition) is 8. The minimum absolute atomic E-state index is 0.251. The van der Waals surface area contributed by atoms with E-state index in [1.165, 1.54) is 5.56 Å². The zero-order chi connectivity index (χ0) is 38.3. The topological polar surface area (TPSA) is 125 Å². The van der Waals surface area contributed by atoms with Gasteiger partial charge in [0, 0.05) is 104 Å². The van der Waals surface area contributed by atoms with Crippen LogP contribution in [0.15, 0.2) is 72.9 Å².